The lowest BCUT2D eigenvalue weighted by Crippen LogP contribution is -1.91. The summed E-state index contributed by atoms with van der Waals surface area (Å²) in [6.45, 7) is 3.34. The van der Waals surface area contributed by atoms with E-state index in [-0.39, 0.29) is 5.78 Å². The first-order valence-electron chi connectivity index (χ1n) is 3.20. The van der Waals surface area contributed by atoms with Gasteiger partial charge in [-0.05, 0) is 29.8 Å². The summed E-state index contributed by atoms with van der Waals surface area (Å²) >= 11 is 3.25. The molecule has 0 fully saturated rings. The van der Waals surface area contributed by atoms with Gasteiger partial charge in [-0.3, -0.25) is 4.79 Å². The summed E-state index contributed by atoms with van der Waals surface area (Å²) < 4.78 is 5.73. The van der Waals surface area contributed by atoms with Gasteiger partial charge in [0.2, 0.25) is 0 Å². The number of rotatable bonds is 3. The Labute approximate surface area is 75.1 Å². The molecule has 62 valence electrons. The fraction of sp³-hybridized carbons (Fsp3) is 0.375. The van der Waals surface area contributed by atoms with Crippen LogP contribution in [0.25, 0.3) is 0 Å². The van der Waals surface area contributed by atoms with Crippen LogP contribution in [0, 0.1) is 0 Å². The Hall–Kier alpha value is -0.570. The maximum Gasteiger partial charge on any atom is 0.156 e. The molecular weight excluding hydrogens is 208 g/mol. The van der Waals surface area contributed by atoms with E-state index in [2.05, 4.69) is 15.9 Å². The van der Waals surface area contributed by atoms with Crippen molar-refractivity contribution in [3.8, 4) is 0 Å². The van der Waals surface area contributed by atoms with Crippen LogP contribution in [0.4, 0.5) is 0 Å². The fourth-order valence-corrected chi connectivity index (χ4v) is 0.829. The first-order chi connectivity index (χ1) is 5.11. The third-order valence-corrected chi connectivity index (χ3v) is 1.89. The number of allylic oxidation sites excluding steroid dienone is 3. The van der Waals surface area contributed by atoms with Crippen molar-refractivity contribution < 1.29 is 9.53 Å². The molecule has 0 heterocycles. The molecule has 3 heteroatoms. The number of carbonyl (C=O) groups is 1. The van der Waals surface area contributed by atoms with E-state index in [4.69, 9.17) is 4.74 Å². The fourth-order valence-electron chi connectivity index (χ4n) is 0.552. The van der Waals surface area contributed by atoms with E-state index in [1.807, 2.05) is 13.0 Å². The van der Waals surface area contributed by atoms with Crippen LogP contribution in [-0.2, 0) is 9.53 Å². The van der Waals surface area contributed by atoms with E-state index in [1.54, 1.807) is 0 Å². The normalized spacial score (nSPS) is 13.1. The van der Waals surface area contributed by atoms with Crippen LogP contribution in [0.3, 0.4) is 0 Å². The summed E-state index contributed by atoms with van der Waals surface area (Å²) in [4.78, 5) is 10.6. The minimum absolute atomic E-state index is 0.0272. The van der Waals surface area contributed by atoms with Crippen molar-refractivity contribution in [2.75, 3.05) is 7.11 Å². The van der Waals surface area contributed by atoms with E-state index in [0.29, 0.717) is 5.76 Å². The molecule has 0 saturated heterocycles. The third kappa shape index (κ3) is 3.98. The Balaban J connectivity index is 4.53. The second-order valence-electron chi connectivity index (χ2n) is 1.96. The molecule has 0 spiro atoms. The standard InChI is InChI=1S/C8H11BrO2/c1-4-7(9)8(11-3)5-6(2)10/h4-5H,1-3H3/b7-4+,8-5+. The Morgan fingerprint density at radius 1 is 1.55 bits per heavy atom. The highest BCUT2D eigenvalue weighted by Gasteiger charge is 2.00. The van der Waals surface area contributed by atoms with Gasteiger partial charge >= 0.3 is 0 Å². The van der Waals surface area contributed by atoms with Crippen LogP contribution in [0.1, 0.15) is 13.8 Å². The number of methoxy groups -OCH3 is 1. The molecule has 0 amide bonds. The molecule has 0 aromatic heterocycles. The first-order valence-corrected chi connectivity index (χ1v) is 3.99. The van der Waals surface area contributed by atoms with E-state index in [9.17, 15) is 4.79 Å². The zero-order valence-corrected chi connectivity index (χ0v) is 8.44. The summed E-state index contributed by atoms with van der Waals surface area (Å²) in [5.41, 5.74) is 0. The van der Waals surface area contributed by atoms with E-state index in [1.165, 1.54) is 20.1 Å². The topological polar surface area (TPSA) is 26.3 Å². The minimum Gasteiger partial charge on any atom is -0.495 e. The molecule has 0 radical (unpaired) electrons. The highest BCUT2D eigenvalue weighted by Crippen LogP contribution is 2.16. The lowest BCUT2D eigenvalue weighted by Gasteiger charge is -2.02. The van der Waals surface area contributed by atoms with Crippen LogP contribution < -0.4 is 0 Å². The summed E-state index contributed by atoms with van der Waals surface area (Å²) in [7, 11) is 1.53. The first kappa shape index (κ1) is 10.4. The number of hydrogen-bond donors (Lipinski definition) is 0. The second-order valence-corrected chi connectivity index (χ2v) is 2.81. The van der Waals surface area contributed by atoms with Crippen molar-refractivity contribution >= 4 is 21.7 Å². The molecule has 0 N–H and O–H groups in total. The molecule has 2 nitrogen and oxygen atoms in total. The smallest absolute Gasteiger partial charge is 0.156 e. The molecule has 0 atom stereocenters. The van der Waals surface area contributed by atoms with Crippen LogP contribution in [-0.4, -0.2) is 12.9 Å². The van der Waals surface area contributed by atoms with Crippen molar-refractivity contribution in [1.29, 1.82) is 0 Å². The lowest BCUT2D eigenvalue weighted by atomic mass is 10.3. The predicted molar refractivity (Wildman–Crippen MR) is 48.5 cm³/mol. The highest BCUT2D eigenvalue weighted by molar-refractivity contribution is 9.11. The van der Waals surface area contributed by atoms with Gasteiger partial charge in [-0.25, -0.2) is 0 Å². The largest absolute Gasteiger partial charge is 0.495 e. The molecule has 0 unspecified atom stereocenters. The molecule has 0 aromatic rings. The summed E-state index contributed by atoms with van der Waals surface area (Å²) in [6.07, 6.45) is 3.25. The molecule has 0 aliphatic rings. The van der Waals surface area contributed by atoms with Crippen LogP contribution in [0.2, 0.25) is 0 Å². The second kappa shape index (κ2) is 5.13. The highest BCUT2D eigenvalue weighted by atomic mass is 79.9. The van der Waals surface area contributed by atoms with Gasteiger partial charge in [0.15, 0.2) is 5.78 Å². The SMILES string of the molecule is C/C=C(Br)\C(=C/C(C)=O)OC. The van der Waals surface area contributed by atoms with Gasteiger partial charge in [-0.15, -0.1) is 0 Å². The molecule has 0 saturated carbocycles. The number of halogens is 1. The summed E-state index contributed by atoms with van der Waals surface area (Å²) in [5.74, 6) is 0.528. The van der Waals surface area contributed by atoms with Gasteiger partial charge in [0.05, 0.1) is 11.6 Å². The maximum absolute atomic E-state index is 10.6. The predicted octanol–water partition coefficient (Wildman–Crippen LogP) is 2.40. The van der Waals surface area contributed by atoms with E-state index < -0.39 is 0 Å². The van der Waals surface area contributed by atoms with Crippen LogP contribution in [0.5, 0.6) is 0 Å². The number of ketones is 1. The maximum atomic E-state index is 10.6. The molecule has 0 aliphatic heterocycles. The summed E-state index contributed by atoms with van der Waals surface area (Å²) in [6, 6.07) is 0. The average molecular weight is 219 g/mol. The number of hydrogen-bond acceptors (Lipinski definition) is 2. The Bertz CT molecular complexity index is 204. The lowest BCUT2D eigenvalue weighted by molar-refractivity contribution is -0.112. The minimum atomic E-state index is -0.0272. The Kier molecular flexibility index (Phi) is 4.86. The third-order valence-electron chi connectivity index (χ3n) is 1.04. The van der Waals surface area contributed by atoms with Crippen molar-refractivity contribution in [3.05, 3.63) is 22.4 Å². The van der Waals surface area contributed by atoms with Gasteiger partial charge in [0, 0.05) is 6.08 Å². The number of carbonyl (C=O) groups excluding carboxylic acids is 1. The van der Waals surface area contributed by atoms with Crippen molar-refractivity contribution in [2.24, 2.45) is 0 Å². The van der Waals surface area contributed by atoms with E-state index >= 15 is 0 Å². The van der Waals surface area contributed by atoms with Crippen molar-refractivity contribution in [1.82, 2.24) is 0 Å². The van der Waals surface area contributed by atoms with Crippen molar-refractivity contribution in [3.63, 3.8) is 0 Å². The molecule has 0 aliphatic carbocycles. The zero-order valence-electron chi connectivity index (χ0n) is 6.85. The van der Waals surface area contributed by atoms with E-state index in [0.717, 1.165) is 4.48 Å². The Morgan fingerprint density at radius 3 is 2.36 bits per heavy atom. The monoisotopic (exact) mass is 218 g/mol. The molecular formula is C8H11BrO2. The average Bonchev–Trinajstić information content (AvgIpc) is 1.98. The molecule has 0 aromatic carbocycles. The zero-order chi connectivity index (χ0) is 8.85. The molecule has 0 rings (SSSR count). The van der Waals surface area contributed by atoms with Gasteiger partial charge in [0.1, 0.15) is 5.76 Å². The van der Waals surface area contributed by atoms with Crippen LogP contribution in [0.15, 0.2) is 22.4 Å². The van der Waals surface area contributed by atoms with Gasteiger partial charge in [0.25, 0.3) is 0 Å². The quantitative estimate of drug-likeness (QED) is 0.414. The Morgan fingerprint density at radius 2 is 2.09 bits per heavy atom. The number of ether oxygens (including phenoxy) is 1. The molecule has 0 bridgehead atoms. The van der Waals surface area contributed by atoms with Gasteiger partial charge in [-0.1, -0.05) is 6.08 Å². The molecule has 11 heavy (non-hydrogen) atoms. The van der Waals surface area contributed by atoms with Crippen molar-refractivity contribution in [2.45, 2.75) is 13.8 Å². The van der Waals surface area contributed by atoms with Gasteiger partial charge in [-0.2, -0.15) is 0 Å². The van der Waals surface area contributed by atoms with Gasteiger partial charge < -0.3 is 4.74 Å². The van der Waals surface area contributed by atoms with Crippen LogP contribution >= 0.6 is 15.9 Å². The summed E-state index contributed by atoms with van der Waals surface area (Å²) in [5, 5.41) is 0.